The number of carbonyl (C=O) groups is 1. The Balaban J connectivity index is 2.04. The zero-order valence-corrected chi connectivity index (χ0v) is 12.0. The summed E-state index contributed by atoms with van der Waals surface area (Å²) in [4.78, 5) is 10.7. The van der Waals surface area contributed by atoms with E-state index in [0.29, 0.717) is 6.61 Å². The quantitative estimate of drug-likeness (QED) is 0.924. The minimum Gasteiger partial charge on any atom is -0.489 e. The van der Waals surface area contributed by atoms with Gasteiger partial charge in [0, 0.05) is 4.47 Å². The van der Waals surface area contributed by atoms with Crippen molar-refractivity contribution >= 4 is 21.9 Å². The van der Waals surface area contributed by atoms with Crippen LogP contribution in [0.25, 0.3) is 0 Å². The third-order valence-electron chi connectivity index (χ3n) is 2.73. The molecule has 0 heterocycles. The summed E-state index contributed by atoms with van der Waals surface area (Å²) in [6.45, 7) is 2.40. The van der Waals surface area contributed by atoms with Gasteiger partial charge in [0.05, 0.1) is 5.56 Å². The zero-order valence-electron chi connectivity index (χ0n) is 10.4. The molecule has 0 aliphatic rings. The topological polar surface area (TPSA) is 46.5 Å². The number of halogens is 1. The highest BCUT2D eigenvalue weighted by Gasteiger charge is 2.03. The number of hydrogen-bond acceptors (Lipinski definition) is 2. The van der Waals surface area contributed by atoms with Crippen molar-refractivity contribution in [3.05, 3.63) is 63.6 Å². The van der Waals surface area contributed by atoms with Gasteiger partial charge in [-0.3, -0.25) is 0 Å². The highest BCUT2D eigenvalue weighted by Crippen LogP contribution is 2.23. The molecule has 0 amide bonds. The van der Waals surface area contributed by atoms with Crippen molar-refractivity contribution in [3.63, 3.8) is 0 Å². The first kappa shape index (κ1) is 13.6. The van der Waals surface area contributed by atoms with Gasteiger partial charge in [-0.15, -0.1) is 0 Å². The Bertz CT molecular complexity index is 591. The fourth-order valence-corrected chi connectivity index (χ4v) is 2.15. The maximum atomic E-state index is 10.7. The lowest BCUT2D eigenvalue weighted by Crippen LogP contribution is -1.99. The van der Waals surface area contributed by atoms with Gasteiger partial charge in [0.25, 0.3) is 0 Å². The second-order valence-electron chi connectivity index (χ2n) is 4.20. The van der Waals surface area contributed by atoms with Crippen molar-refractivity contribution in [2.45, 2.75) is 13.5 Å². The molecule has 2 rings (SSSR count). The van der Waals surface area contributed by atoms with Gasteiger partial charge in [-0.05, 0) is 48.4 Å². The average molecular weight is 321 g/mol. The van der Waals surface area contributed by atoms with Gasteiger partial charge in [0.15, 0.2) is 0 Å². The molecule has 0 bridgehead atoms. The first-order valence-corrected chi connectivity index (χ1v) is 6.57. The molecule has 1 N–H and O–H groups in total. The van der Waals surface area contributed by atoms with Crippen molar-refractivity contribution in [2.24, 2.45) is 0 Å². The maximum absolute atomic E-state index is 10.7. The largest absolute Gasteiger partial charge is 0.489 e. The van der Waals surface area contributed by atoms with Gasteiger partial charge in [-0.1, -0.05) is 28.1 Å². The summed E-state index contributed by atoms with van der Waals surface area (Å²) in [5.41, 5.74) is 2.27. The molecule has 2 aromatic carbocycles. The predicted molar refractivity (Wildman–Crippen MR) is 76.6 cm³/mol. The number of hydrogen-bond donors (Lipinski definition) is 1. The minimum atomic E-state index is -0.920. The Morgan fingerprint density at radius 1 is 1.21 bits per heavy atom. The molecule has 0 unspecified atom stereocenters. The standard InChI is InChI=1S/C15H13BrO3/c1-10-8-13(16)6-7-14(10)19-9-11-2-4-12(5-3-11)15(17)18/h2-8H,9H2,1H3,(H,17,18). The van der Waals surface area contributed by atoms with Gasteiger partial charge in [-0.25, -0.2) is 4.79 Å². The highest BCUT2D eigenvalue weighted by atomic mass is 79.9. The molecule has 0 radical (unpaired) electrons. The molecule has 0 atom stereocenters. The Hall–Kier alpha value is -1.81. The number of aromatic carboxylic acids is 1. The number of carboxylic acids is 1. The lowest BCUT2D eigenvalue weighted by Gasteiger charge is -2.09. The molecule has 2 aromatic rings. The lowest BCUT2D eigenvalue weighted by molar-refractivity contribution is 0.0697. The van der Waals surface area contributed by atoms with Crippen LogP contribution in [0.1, 0.15) is 21.5 Å². The number of benzene rings is 2. The van der Waals surface area contributed by atoms with Crippen LogP contribution in [0.5, 0.6) is 5.75 Å². The summed E-state index contributed by atoms with van der Waals surface area (Å²) in [5.74, 6) is -0.0956. The van der Waals surface area contributed by atoms with Crippen LogP contribution in [0.2, 0.25) is 0 Å². The Morgan fingerprint density at radius 2 is 1.89 bits per heavy atom. The minimum absolute atomic E-state index is 0.281. The molecule has 4 heteroatoms. The van der Waals surface area contributed by atoms with Crippen LogP contribution in [0.3, 0.4) is 0 Å². The van der Waals surface area contributed by atoms with Crippen LogP contribution in [0.4, 0.5) is 0 Å². The second kappa shape index (κ2) is 5.89. The van der Waals surface area contributed by atoms with Crippen molar-refractivity contribution in [3.8, 4) is 5.75 Å². The Kier molecular flexibility index (Phi) is 4.22. The SMILES string of the molecule is Cc1cc(Br)ccc1OCc1ccc(C(=O)O)cc1. The van der Waals surface area contributed by atoms with Crippen LogP contribution in [0, 0.1) is 6.92 Å². The Morgan fingerprint density at radius 3 is 2.47 bits per heavy atom. The van der Waals surface area contributed by atoms with Crippen molar-refractivity contribution in [2.75, 3.05) is 0 Å². The summed E-state index contributed by atoms with van der Waals surface area (Å²) in [7, 11) is 0. The van der Waals surface area contributed by atoms with Crippen LogP contribution < -0.4 is 4.74 Å². The molecular weight excluding hydrogens is 308 g/mol. The smallest absolute Gasteiger partial charge is 0.335 e. The molecule has 0 aliphatic carbocycles. The van der Waals surface area contributed by atoms with Crippen LogP contribution >= 0.6 is 15.9 Å². The van der Waals surface area contributed by atoms with E-state index in [1.165, 1.54) is 0 Å². The fourth-order valence-electron chi connectivity index (χ4n) is 1.68. The molecule has 0 saturated heterocycles. The van der Waals surface area contributed by atoms with Crippen molar-refractivity contribution < 1.29 is 14.6 Å². The molecule has 3 nitrogen and oxygen atoms in total. The van der Waals surface area contributed by atoms with Gasteiger partial charge in [0.1, 0.15) is 12.4 Å². The maximum Gasteiger partial charge on any atom is 0.335 e. The first-order chi connectivity index (χ1) is 9.06. The molecule has 0 spiro atoms. The number of rotatable bonds is 4. The van der Waals surface area contributed by atoms with E-state index >= 15 is 0 Å². The third kappa shape index (κ3) is 3.58. The van der Waals surface area contributed by atoms with Crippen molar-refractivity contribution in [1.82, 2.24) is 0 Å². The van der Waals surface area contributed by atoms with E-state index in [1.54, 1.807) is 24.3 Å². The van der Waals surface area contributed by atoms with Gasteiger partial charge in [0.2, 0.25) is 0 Å². The van der Waals surface area contributed by atoms with E-state index in [1.807, 2.05) is 25.1 Å². The summed E-state index contributed by atoms with van der Waals surface area (Å²) in [5, 5.41) is 8.81. The van der Waals surface area contributed by atoms with Crippen LogP contribution in [0.15, 0.2) is 46.9 Å². The number of carboxylic acid groups (broad SMARTS) is 1. The normalized spacial score (nSPS) is 10.2. The summed E-state index contributed by atoms with van der Waals surface area (Å²) >= 11 is 3.40. The molecule has 98 valence electrons. The summed E-state index contributed by atoms with van der Waals surface area (Å²) in [6.07, 6.45) is 0. The first-order valence-electron chi connectivity index (χ1n) is 5.77. The van der Waals surface area contributed by atoms with Gasteiger partial charge < -0.3 is 9.84 Å². The molecule has 0 saturated carbocycles. The summed E-state index contributed by atoms with van der Waals surface area (Å²) in [6, 6.07) is 12.5. The molecule has 0 fully saturated rings. The fraction of sp³-hybridized carbons (Fsp3) is 0.133. The monoisotopic (exact) mass is 320 g/mol. The van der Waals surface area contributed by atoms with Crippen LogP contribution in [-0.2, 0) is 6.61 Å². The van der Waals surface area contributed by atoms with Crippen LogP contribution in [-0.4, -0.2) is 11.1 Å². The third-order valence-corrected chi connectivity index (χ3v) is 3.23. The second-order valence-corrected chi connectivity index (χ2v) is 5.12. The molecule has 19 heavy (non-hydrogen) atoms. The van der Waals surface area contributed by atoms with E-state index < -0.39 is 5.97 Å². The zero-order chi connectivity index (χ0) is 13.8. The van der Waals surface area contributed by atoms with E-state index in [0.717, 1.165) is 21.3 Å². The van der Waals surface area contributed by atoms with E-state index in [9.17, 15) is 4.79 Å². The molecule has 0 aromatic heterocycles. The van der Waals surface area contributed by atoms with E-state index in [-0.39, 0.29) is 5.56 Å². The average Bonchev–Trinajstić information content (AvgIpc) is 2.38. The van der Waals surface area contributed by atoms with Gasteiger partial charge in [-0.2, -0.15) is 0 Å². The summed E-state index contributed by atoms with van der Waals surface area (Å²) < 4.78 is 6.73. The van der Waals surface area contributed by atoms with E-state index in [4.69, 9.17) is 9.84 Å². The van der Waals surface area contributed by atoms with Crippen molar-refractivity contribution in [1.29, 1.82) is 0 Å². The molecule has 0 aliphatic heterocycles. The molecular formula is C15H13BrO3. The lowest BCUT2D eigenvalue weighted by atomic mass is 10.1. The highest BCUT2D eigenvalue weighted by molar-refractivity contribution is 9.10. The predicted octanol–water partition coefficient (Wildman–Crippen LogP) is 4.03. The van der Waals surface area contributed by atoms with E-state index in [2.05, 4.69) is 15.9 Å². The number of ether oxygens (including phenoxy) is 1. The number of aryl methyl sites for hydroxylation is 1. The Labute approximate surface area is 120 Å². The van der Waals surface area contributed by atoms with Gasteiger partial charge >= 0.3 is 5.97 Å².